The standard InChI is InChI=1S/C9H8O4.C7H12O2/c1-5-6(8(10)11)3-2-4-7(5)9(12)13;8-7(9)6-4-2-1-3-5-6/h2-4H,1H3,(H,10,11)(H,12,13);6H,1-5H2,(H,8,9). The average molecular weight is 308 g/mol. The molecule has 1 saturated carbocycles. The van der Waals surface area contributed by atoms with Crippen molar-refractivity contribution in [3.63, 3.8) is 0 Å². The van der Waals surface area contributed by atoms with Gasteiger partial charge in [0.1, 0.15) is 0 Å². The summed E-state index contributed by atoms with van der Waals surface area (Å²) in [6.07, 6.45) is 5.24. The summed E-state index contributed by atoms with van der Waals surface area (Å²) in [5, 5.41) is 25.9. The minimum absolute atomic E-state index is 0.0277. The number of benzene rings is 1. The van der Waals surface area contributed by atoms with Gasteiger partial charge in [-0.2, -0.15) is 0 Å². The third-order valence-electron chi connectivity index (χ3n) is 3.75. The molecule has 1 fully saturated rings. The summed E-state index contributed by atoms with van der Waals surface area (Å²) >= 11 is 0. The smallest absolute Gasteiger partial charge is 0.335 e. The lowest BCUT2D eigenvalue weighted by atomic mass is 9.90. The zero-order valence-corrected chi connectivity index (χ0v) is 12.4. The van der Waals surface area contributed by atoms with Crippen molar-refractivity contribution >= 4 is 17.9 Å². The summed E-state index contributed by atoms with van der Waals surface area (Å²) in [6, 6.07) is 4.17. The fraction of sp³-hybridized carbons (Fsp3) is 0.438. The first-order valence-electron chi connectivity index (χ1n) is 7.13. The van der Waals surface area contributed by atoms with Crippen molar-refractivity contribution in [1.82, 2.24) is 0 Å². The Kier molecular flexibility index (Phi) is 6.56. The Morgan fingerprint density at radius 3 is 1.68 bits per heavy atom. The van der Waals surface area contributed by atoms with E-state index < -0.39 is 17.9 Å². The van der Waals surface area contributed by atoms with Gasteiger partial charge in [0, 0.05) is 0 Å². The zero-order valence-electron chi connectivity index (χ0n) is 12.4. The monoisotopic (exact) mass is 308 g/mol. The van der Waals surface area contributed by atoms with Crippen LogP contribution in [0.15, 0.2) is 18.2 Å². The number of rotatable bonds is 3. The van der Waals surface area contributed by atoms with E-state index >= 15 is 0 Å². The number of hydrogen-bond donors (Lipinski definition) is 3. The molecule has 0 heterocycles. The Hall–Kier alpha value is -2.37. The van der Waals surface area contributed by atoms with Crippen LogP contribution in [0.3, 0.4) is 0 Å². The number of carboxylic acid groups (broad SMARTS) is 3. The van der Waals surface area contributed by atoms with E-state index in [4.69, 9.17) is 15.3 Å². The van der Waals surface area contributed by atoms with E-state index in [1.807, 2.05) is 0 Å². The van der Waals surface area contributed by atoms with Gasteiger partial charge in [-0.15, -0.1) is 0 Å². The molecule has 120 valence electrons. The van der Waals surface area contributed by atoms with E-state index in [1.54, 1.807) is 0 Å². The van der Waals surface area contributed by atoms with Crippen LogP contribution < -0.4 is 0 Å². The highest BCUT2D eigenvalue weighted by molar-refractivity contribution is 5.96. The Balaban J connectivity index is 0.000000235. The summed E-state index contributed by atoms with van der Waals surface area (Å²) in [5.74, 6) is -2.85. The number of aliphatic carboxylic acids is 1. The van der Waals surface area contributed by atoms with E-state index in [-0.39, 0.29) is 22.6 Å². The summed E-state index contributed by atoms with van der Waals surface area (Å²) < 4.78 is 0. The molecule has 0 saturated heterocycles. The highest BCUT2D eigenvalue weighted by Crippen LogP contribution is 2.23. The Bertz CT molecular complexity index is 526. The lowest BCUT2D eigenvalue weighted by Crippen LogP contribution is -2.16. The van der Waals surface area contributed by atoms with Crippen LogP contribution in [0.4, 0.5) is 0 Å². The van der Waals surface area contributed by atoms with Gasteiger partial charge < -0.3 is 15.3 Å². The molecule has 0 bridgehead atoms. The quantitative estimate of drug-likeness (QED) is 0.791. The molecule has 3 N–H and O–H groups in total. The van der Waals surface area contributed by atoms with Gasteiger partial charge in [0.25, 0.3) is 0 Å². The van der Waals surface area contributed by atoms with Gasteiger partial charge in [0.15, 0.2) is 0 Å². The maximum absolute atomic E-state index is 10.6. The van der Waals surface area contributed by atoms with Crippen LogP contribution in [0, 0.1) is 12.8 Å². The van der Waals surface area contributed by atoms with Gasteiger partial charge in [-0.3, -0.25) is 4.79 Å². The summed E-state index contributed by atoms with van der Waals surface area (Å²) in [6.45, 7) is 1.48. The van der Waals surface area contributed by atoms with Crippen molar-refractivity contribution in [3.05, 3.63) is 34.9 Å². The fourth-order valence-corrected chi connectivity index (χ4v) is 2.45. The fourth-order valence-electron chi connectivity index (χ4n) is 2.45. The van der Waals surface area contributed by atoms with E-state index in [0.29, 0.717) is 0 Å². The summed E-state index contributed by atoms with van der Waals surface area (Å²) in [4.78, 5) is 31.6. The van der Waals surface area contributed by atoms with Gasteiger partial charge in [-0.1, -0.05) is 25.3 Å². The van der Waals surface area contributed by atoms with Crippen LogP contribution in [0.5, 0.6) is 0 Å². The van der Waals surface area contributed by atoms with Gasteiger partial charge in [-0.05, 0) is 37.5 Å². The predicted molar refractivity (Wildman–Crippen MR) is 79.3 cm³/mol. The first kappa shape index (κ1) is 17.7. The number of carbonyl (C=O) groups is 3. The molecular formula is C16H20O6. The predicted octanol–water partition coefficient (Wildman–Crippen LogP) is 3.04. The highest BCUT2D eigenvalue weighted by atomic mass is 16.4. The zero-order chi connectivity index (χ0) is 16.7. The molecular weight excluding hydrogens is 288 g/mol. The Morgan fingerprint density at radius 2 is 1.36 bits per heavy atom. The minimum Gasteiger partial charge on any atom is -0.481 e. The van der Waals surface area contributed by atoms with Crippen molar-refractivity contribution in [2.45, 2.75) is 39.0 Å². The number of hydrogen-bond acceptors (Lipinski definition) is 3. The lowest BCUT2D eigenvalue weighted by Gasteiger charge is -2.16. The molecule has 2 rings (SSSR count). The van der Waals surface area contributed by atoms with Crippen LogP contribution in [0.2, 0.25) is 0 Å². The second kappa shape index (κ2) is 8.17. The molecule has 6 nitrogen and oxygen atoms in total. The Morgan fingerprint density at radius 1 is 0.909 bits per heavy atom. The SMILES string of the molecule is Cc1c(C(=O)O)cccc1C(=O)O.O=C(O)C1CCCCC1. The molecule has 1 aromatic rings. The Labute approximate surface area is 128 Å². The average Bonchev–Trinajstić information content (AvgIpc) is 2.48. The molecule has 0 unspecified atom stereocenters. The number of aromatic carboxylic acids is 2. The maximum atomic E-state index is 10.6. The van der Waals surface area contributed by atoms with Gasteiger partial charge in [0.2, 0.25) is 0 Å². The van der Waals surface area contributed by atoms with E-state index in [9.17, 15) is 14.4 Å². The van der Waals surface area contributed by atoms with Crippen molar-refractivity contribution < 1.29 is 29.7 Å². The number of carboxylic acids is 3. The van der Waals surface area contributed by atoms with Crippen molar-refractivity contribution in [2.24, 2.45) is 5.92 Å². The molecule has 0 radical (unpaired) electrons. The third kappa shape index (κ3) is 4.87. The van der Waals surface area contributed by atoms with E-state index in [2.05, 4.69) is 0 Å². The largest absolute Gasteiger partial charge is 0.481 e. The van der Waals surface area contributed by atoms with Crippen molar-refractivity contribution in [1.29, 1.82) is 0 Å². The summed E-state index contributed by atoms with van der Waals surface area (Å²) in [5.41, 5.74) is 0.335. The third-order valence-corrected chi connectivity index (χ3v) is 3.75. The molecule has 1 aliphatic rings. The van der Waals surface area contributed by atoms with E-state index in [0.717, 1.165) is 25.7 Å². The van der Waals surface area contributed by atoms with Crippen molar-refractivity contribution in [2.75, 3.05) is 0 Å². The van der Waals surface area contributed by atoms with Gasteiger partial charge >= 0.3 is 17.9 Å². The molecule has 22 heavy (non-hydrogen) atoms. The first-order valence-corrected chi connectivity index (χ1v) is 7.13. The lowest BCUT2D eigenvalue weighted by molar-refractivity contribution is -0.142. The molecule has 0 aromatic heterocycles. The molecule has 0 atom stereocenters. The first-order chi connectivity index (χ1) is 10.3. The molecule has 0 spiro atoms. The van der Waals surface area contributed by atoms with Gasteiger partial charge in [-0.25, -0.2) is 9.59 Å². The molecule has 6 heteroatoms. The minimum atomic E-state index is -1.11. The van der Waals surface area contributed by atoms with E-state index in [1.165, 1.54) is 31.5 Å². The summed E-state index contributed by atoms with van der Waals surface area (Å²) in [7, 11) is 0. The van der Waals surface area contributed by atoms with Gasteiger partial charge in [0.05, 0.1) is 17.0 Å². The molecule has 1 aliphatic carbocycles. The van der Waals surface area contributed by atoms with Crippen LogP contribution in [0.1, 0.15) is 58.4 Å². The second-order valence-corrected chi connectivity index (χ2v) is 5.26. The van der Waals surface area contributed by atoms with Crippen molar-refractivity contribution in [3.8, 4) is 0 Å². The molecule has 0 aliphatic heterocycles. The maximum Gasteiger partial charge on any atom is 0.335 e. The normalized spacial score (nSPS) is 14.6. The van der Waals surface area contributed by atoms with Crippen LogP contribution in [-0.4, -0.2) is 33.2 Å². The van der Waals surface area contributed by atoms with Crippen LogP contribution in [-0.2, 0) is 4.79 Å². The topological polar surface area (TPSA) is 112 Å². The van der Waals surface area contributed by atoms with Crippen LogP contribution >= 0.6 is 0 Å². The molecule has 0 amide bonds. The molecule has 1 aromatic carbocycles. The second-order valence-electron chi connectivity index (χ2n) is 5.26. The van der Waals surface area contributed by atoms with Crippen LogP contribution in [0.25, 0.3) is 0 Å². The highest BCUT2D eigenvalue weighted by Gasteiger charge is 2.19.